The fourth-order valence-electron chi connectivity index (χ4n) is 5.21. The van der Waals surface area contributed by atoms with Crippen LogP contribution in [-0.2, 0) is 0 Å². The van der Waals surface area contributed by atoms with Gasteiger partial charge >= 0.3 is 0 Å². The molecule has 1 atom stereocenters. The first-order valence-electron chi connectivity index (χ1n) is 14.8. The number of alkyl halides is 1. The van der Waals surface area contributed by atoms with Crippen LogP contribution in [-0.4, -0.2) is 4.87 Å². The van der Waals surface area contributed by atoms with Crippen LogP contribution < -0.4 is 6.15 Å². The zero-order valence-electron chi connectivity index (χ0n) is 23.1. The predicted octanol–water partition coefficient (Wildman–Crippen LogP) is 12.2. The van der Waals surface area contributed by atoms with Crippen molar-refractivity contribution in [2.45, 2.75) is 187 Å². The van der Waals surface area contributed by atoms with Crippen molar-refractivity contribution < 1.29 is 0 Å². The monoisotopic (exact) mass is 473 g/mol. The quantitative estimate of drug-likeness (QED) is 0.104. The van der Waals surface area contributed by atoms with Crippen LogP contribution in [0.5, 0.6) is 0 Å². The molecule has 0 rings (SSSR count). The van der Waals surface area contributed by atoms with Crippen LogP contribution in [0.4, 0.5) is 0 Å². The third-order valence-electron chi connectivity index (χ3n) is 7.44. The van der Waals surface area contributed by atoms with E-state index in [-0.39, 0.29) is 11.0 Å². The van der Waals surface area contributed by atoms with Crippen LogP contribution in [0.3, 0.4) is 0 Å². The summed E-state index contributed by atoms with van der Waals surface area (Å²) < 4.78 is 0. The molecule has 0 fully saturated rings. The molecule has 0 aromatic heterocycles. The zero-order valence-corrected chi connectivity index (χ0v) is 23.9. The van der Waals surface area contributed by atoms with Gasteiger partial charge in [0.25, 0.3) is 0 Å². The van der Waals surface area contributed by atoms with E-state index < -0.39 is 0 Å². The molecular formula is C30H64ClN. The van der Waals surface area contributed by atoms with Gasteiger partial charge < -0.3 is 6.15 Å². The van der Waals surface area contributed by atoms with Crippen LogP contribution in [0.15, 0.2) is 0 Å². The molecule has 0 spiro atoms. The molecule has 0 saturated carbocycles. The molecule has 3 N–H and O–H groups in total. The van der Waals surface area contributed by atoms with Crippen LogP contribution >= 0.6 is 11.6 Å². The molecular weight excluding hydrogens is 410 g/mol. The lowest BCUT2D eigenvalue weighted by molar-refractivity contribution is 0.265. The van der Waals surface area contributed by atoms with Crippen LogP contribution in [0.25, 0.3) is 0 Å². The number of rotatable bonds is 25. The number of unbranched alkanes of at least 4 members (excludes halogenated alkanes) is 16. The Bertz CT molecular complexity index is 328. The Kier molecular flexibility index (Phi) is 27.8. The molecule has 0 aliphatic rings. The lowest BCUT2D eigenvalue weighted by atomic mass is 9.77. The minimum Gasteiger partial charge on any atom is -0.344 e. The van der Waals surface area contributed by atoms with Gasteiger partial charge in [-0.05, 0) is 31.6 Å². The Morgan fingerprint density at radius 3 is 1.16 bits per heavy atom. The molecule has 0 aromatic carbocycles. The Morgan fingerprint density at radius 2 is 0.750 bits per heavy atom. The Labute approximate surface area is 210 Å². The summed E-state index contributed by atoms with van der Waals surface area (Å²) in [5.74, 6) is 0.742. The van der Waals surface area contributed by atoms with E-state index >= 15 is 0 Å². The summed E-state index contributed by atoms with van der Waals surface area (Å²) in [6.45, 7) is 9.28. The van der Waals surface area contributed by atoms with Crippen molar-refractivity contribution in [1.29, 1.82) is 0 Å². The van der Waals surface area contributed by atoms with Crippen molar-refractivity contribution in [3.8, 4) is 0 Å². The standard InChI is InChI=1S/C30H61Cl.H3N/c1-5-9-13-16-19-22-26-29(25-12-8-4)30(31,27-23-20-17-14-10-6-2)28-24-21-18-15-11-7-3;/h29H,5-28H2,1-4H3;1H3. The average Bonchev–Trinajstić information content (AvgIpc) is 2.77. The zero-order chi connectivity index (χ0) is 23.0. The summed E-state index contributed by atoms with van der Waals surface area (Å²) >= 11 is 7.58. The summed E-state index contributed by atoms with van der Waals surface area (Å²) in [7, 11) is 0. The molecule has 0 aliphatic carbocycles. The number of halogens is 1. The molecule has 0 amide bonds. The second-order valence-electron chi connectivity index (χ2n) is 10.5. The SMILES string of the molecule is CCCCCCCCC(CCCC)C(Cl)(CCCCCCCC)CCCCCCCC.N. The van der Waals surface area contributed by atoms with Crippen LogP contribution in [0.2, 0.25) is 0 Å². The van der Waals surface area contributed by atoms with E-state index in [4.69, 9.17) is 11.6 Å². The van der Waals surface area contributed by atoms with Crippen LogP contribution in [0, 0.1) is 5.92 Å². The third kappa shape index (κ3) is 19.7. The third-order valence-corrected chi connectivity index (χ3v) is 8.12. The maximum Gasteiger partial charge on any atom is 0.0475 e. The summed E-state index contributed by atoms with van der Waals surface area (Å²) in [5, 5.41) is 0. The van der Waals surface area contributed by atoms with Gasteiger partial charge in [-0.3, -0.25) is 0 Å². The first-order chi connectivity index (χ1) is 15.1. The summed E-state index contributed by atoms with van der Waals surface area (Å²) in [6.07, 6.45) is 33.0. The van der Waals surface area contributed by atoms with Gasteiger partial charge in [0.15, 0.2) is 0 Å². The summed E-state index contributed by atoms with van der Waals surface area (Å²) in [5.41, 5.74) is 0. The van der Waals surface area contributed by atoms with E-state index in [1.165, 1.54) is 154 Å². The highest BCUT2D eigenvalue weighted by atomic mass is 35.5. The highest BCUT2D eigenvalue weighted by Gasteiger charge is 2.34. The summed E-state index contributed by atoms with van der Waals surface area (Å²) in [6, 6.07) is 0. The van der Waals surface area contributed by atoms with E-state index in [0.717, 1.165) is 5.92 Å². The van der Waals surface area contributed by atoms with Crippen molar-refractivity contribution in [3.05, 3.63) is 0 Å². The minimum atomic E-state index is 0. The Hall–Kier alpha value is 0.250. The maximum atomic E-state index is 7.58. The molecule has 32 heavy (non-hydrogen) atoms. The lowest BCUT2D eigenvalue weighted by Crippen LogP contribution is -2.32. The Balaban J connectivity index is 0. The molecule has 1 nitrogen and oxygen atoms in total. The molecule has 0 heterocycles. The van der Waals surface area contributed by atoms with Gasteiger partial charge in [-0.25, -0.2) is 0 Å². The van der Waals surface area contributed by atoms with Gasteiger partial charge in [-0.2, -0.15) is 0 Å². The summed E-state index contributed by atoms with van der Waals surface area (Å²) in [4.78, 5) is 0.0775. The van der Waals surface area contributed by atoms with Crippen molar-refractivity contribution in [1.82, 2.24) is 6.15 Å². The highest BCUT2D eigenvalue weighted by molar-refractivity contribution is 6.24. The molecule has 0 aromatic rings. The van der Waals surface area contributed by atoms with Gasteiger partial charge in [-0.1, -0.05) is 156 Å². The van der Waals surface area contributed by atoms with Crippen molar-refractivity contribution in [2.24, 2.45) is 5.92 Å². The van der Waals surface area contributed by atoms with E-state index in [1.54, 1.807) is 0 Å². The van der Waals surface area contributed by atoms with Crippen LogP contribution in [0.1, 0.15) is 182 Å². The van der Waals surface area contributed by atoms with Gasteiger partial charge in [-0.15, -0.1) is 11.6 Å². The largest absolute Gasteiger partial charge is 0.344 e. The number of hydrogen-bond donors (Lipinski definition) is 1. The molecule has 196 valence electrons. The fraction of sp³-hybridized carbons (Fsp3) is 1.00. The van der Waals surface area contributed by atoms with Gasteiger partial charge in [0, 0.05) is 4.87 Å². The highest BCUT2D eigenvalue weighted by Crippen LogP contribution is 2.42. The smallest absolute Gasteiger partial charge is 0.0475 e. The number of hydrogen-bond acceptors (Lipinski definition) is 1. The fourth-order valence-corrected chi connectivity index (χ4v) is 5.70. The second kappa shape index (κ2) is 25.9. The average molecular weight is 474 g/mol. The maximum absolute atomic E-state index is 7.58. The molecule has 0 radical (unpaired) electrons. The van der Waals surface area contributed by atoms with Crippen molar-refractivity contribution >= 4 is 11.6 Å². The first-order valence-corrected chi connectivity index (χ1v) is 15.2. The van der Waals surface area contributed by atoms with Crippen molar-refractivity contribution in [2.75, 3.05) is 0 Å². The molecule has 1 unspecified atom stereocenters. The normalized spacial score (nSPS) is 12.7. The predicted molar refractivity (Wildman–Crippen MR) is 151 cm³/mol. The molecule has 2 heteroatoms. The minimum absolute atomic E-state index is 0. The van der Waals surface area contributed by atoms with E-state index in [0.29, 0.717) is 0 Å². The lowest BCUT2D eigenvalue weighted by Gasteiger charge is -2.37. The van der Waals surface area contributed by atoms with Gasteiger partial charge in [0.1, 0.15) is 0 Å². The van der Waals surface area contributed by atoms with Gasteiger partial charge in [0.05, 0.1) is 0 Å². The molecule has 0 bridgehead atoms. The van der Waals surface area contributed by atoms with E-state index in [2.05, 4.69) is 27.7 Å². The van der Waals surface area contributed by atoms with Crippen molar-refractivity contribution in [3.63, 3.8) is 0 Å². The molecule has 0 aliphatic heterocycles. The molecule has 0 saturated heterocycles. The first kappa shape index (κ1) is 34.4. The van der Waals surface area contributed by atoms with E-state index in [1.807, 2.05) is 0 Å². The topological polar surface area (TPSA) is 35.0 Å². The second-order valence-corrected chi connectivity index (χ2v) is 11.2. The Morgan fingerprint density at radius 1 is 0.438 bits per heavy atom. The van der Waals surface area contributed by atoms with Gasteiger partial charge in [0.2, 0.25) is 0 Å². The van der Waals surface area contributed by atoms with E-state index in [9.17, 15) is 0 Å².